The zero-order valence-electron chi connectivity index (χ0n) is 14.3. The number of ether oxygens (including phenoxy) is 1. The van der Waals surface area contributed by atoms with E-state index in [-0.39, 0.29) is 5.91 Å². The van der Waals surface area contributed by atoms with Gasteiger partial charge in [-0.15, -0.1) is 0 Å². The second-order valence-electron chi connectivity index (χ2n) is 5.70. The first-order valence-electron chi connectivity index (χ1n) is 7.81. The number of nitriles is 1. The Labute approximate surface area is 145 Å². The number of methoxy groups -OCH3 is 1. The van der Waals surface area contributed by atoms with Gasteiger partial charge in [0.15, 0.2) is 0 Å². The summed E-state index contributed by atoms with van der Waals surface area (Å²) in [6, 6.07) is 13.8. The first-order valence-corrected chi connectivity index (χ1v) is 7.81. The van der Waals surface area contributed by atoms with Crippen molar-refractivity contribution in [3.8, 4) is 11.8 Å². The maximum absolute atomic E-state index is 12.6. The van der Waals surface area contributed by atoms with Crippen LogP contribution < -0.4 is 10.1 Å². The lowest BCUT2D eigenvalue weighted by atomic mass is 10.1. The molecule has 0 bridgehead atoms. The standard InChI is InChI=1S/C19H18N4O2/c1-12-21-15-10-13(8-9-17(15)23(12)2)19(24)22-16(11-20)14-6-4-5-7-18(14)25-3/h4-10,16H,1-3H3,(H,22,24). The second kappa shape index (κ2) is 6.65. The number of amides is 1. The summed E-state index contributed by atoms with van der Waals surface area (Å²) in [5, 5.41) is 12.2. The van der Waals surface area contributed by atoms with Crippen LogP contribution in [0.15, 0.2) is 42.5 Å². The Hall–Kier alpha value is -3.33. The predicted octanol–water partition coefficient (Wildman–Crippen LogP) is 2.89. The zero-order chi connectivity index (χ0) is 18.0. The van der Waals surface area contributed by atoms with Crippen LogP contribution in [0.3, 0.4) is 0 Å². The van der Waals surface area contributed by atoms with Crippen LogP contribution in [0, 0.1) is 18.3 Å². The fraction of sp³-hybridized carbons (Fsp3) is 0.211. The summed E-state index contributed by atoms with van der Waals surface area (Å²) in [6.07, 6.45) is 0. The Bertz CT molecular complexity index is 985. The molecule has 1 aromatic heterocycles. The molecular weight excluding hydrogens is 316 g/mol. The van der Waals surface area contributed by atoms with Gasteiger partial charge >= 0.3 is 0 Å². The van der Waals surface area contributed by atoms with E-state index in [9.17, 15) is 10.1 Å². The lowest BCUT2D eigenvalue weighted by Crippen LogP contribution is -2.27. The number of hydrogen-bond acceptors (Lipinski definition) is 4. The van der Waals surface area contributed by atoms with Gasteiger partial charge in [-0.2, -0.15) is 5.26 Å². The van der Waals surface area contributed by atoms with E-state index in [1.807, 2.05) is 30.7 Å². The molecule has 25 heavy (non-hydrogen) atoms. The van der Waals surface area contributed by atoms with Crippen LogP contribution in [-0.4, -0.2) is 22.6 Å². The van der Waals surface area contributed by atoms with Gasteiger partial charge in [-0.3, -0.25) is 4.79 Å². The first-order chi connectivity index (χ1) is 12.0. The minimum atomic E-state index is -0.801. The van der Waals surface area contributed by atoms with Crippen LogP contribution in [0.4, 0.5) is 0 Å². The van der Waals surface area contributed by atoms with Crippen molar-refractivity contribution in [3.63, 3.8) is 0 Å². The number of aryl methyl sites for hydroxylation is 2. The van der Waals surface area contributed by atoms with E-state index in [2.05, 4.69) is 16.4 Å². The largest absolute Gasteiger partial charge is 0.496 e. The molecule has 1 heterocycles. The van der Waals surface area contributed by atoms with Crippen LogP contribution in [-0.2, 0) is 7.05 Å². The van der Waals surface area contributed by atoms with Crippen LogP contribution in [0.5, 0.6) is 5.75 Å². The van der Waals surface area contributed by atoms with E-state index >= 15 is 0 Å². The molecule has 1 amide bonds. The maximum atomic E-state index is 12.6. The topological polar surface area (TPSA) is 79.9 Å². The van der Waals surface area contributed by atoms with Crippen molar-refractivity contribution in [1.29, 1.82) is 5.26 Å². The Morgan fingerprint density at radius 2 is 2.08 bits per heavy atom. The number of carbonyl (C=O) groups excluding carboxylic acids is 1. The number of para-hydroxylation sites is 1. The van der Waals surface area contributed by atoms with Crippen LogP contribution in [0.2, 0.25) is 0 Å². The van der Waals surface area contributed by atoms with Crippen molar-refractivity contribution in [2.24, 2.45) is 7.05 Å². The molecule has 0 radical (unpaired) electrons. The van der Waals surface area contributed by atoms with Crippen molar-refractivity contribution < 1.29 is 9.53 Å². The van der Waals surface area contributed by atoms with Gasteiger partial charge in [0, 0.05) is 18.2 Å². The molecule has 0 spiro atoms. The first kappa shape index (κ1) is 16.5. The maximum Gasteiger partial charge on any atom is 0.252 e. The second-order valence-corrected chi connectivity index (χ2v) is 5.70. The summed E-state index contributed by atoms with van der Waals surface area (Å²) in [7, 11) is 3.46. The third-order valence-corrected chi connectivity index (χ3v) is 4.22. The Kier molecular flexibility index (Phi) is 4.40. The van der Waals surface area contributed by atoms with Crippen molar-refractivity contribution in [2.45, 2.75) is 13.0 Å². The molecule has 0 saturated carbocycles. The van der Waals surface area contributed by atoms with Crippen molar-refractivity contribution >= 4 is 16.9 Å². The molecule has 1 atom stereocenters. The van der Waals surface area contributed by atoms with Gasteiger partial charge in [0.1, 0.15) is 17.6 Å². The van der Waals surface area contributed by atoms with Crippen LogP contribution >= 0.6 is 0 Å². The minimum absolute atomic E-state index is 0.331. The molecule has 0 saturated heterocycles. The van der Waals surface area contributed by atoms with Crippen molar-refractivity contribution in [2.75, 3.05) is 7.11 Å². The molecule has 3 rings (SSSR count). The number of rotatable bonds is 4. The molecule has 6 nitrogen and oxygen atoms in total. The monoisotopic (exact) mass is 334 g/mol. The quantitative estimate of drug-likeness (QED) is 0.795. The van der Waals surface area contributed by atoms with E-state index in [0.717, 1.165) is 16.9 Å². The molecule has 1 N–H and O–H groups in total. The SMILES string of the molecule is COc1ccccc1C(C#N)NC(=O)c1ccc2c(c1)nc(C)n2C. The fourth-order valence-electron chi connectivity index (χ4n) is 2.76. The van der Waals surface area contributed by atoms with Crippen molar-refractivity contribution in [1.82, 2.24) is 14.9 Å². The normalized spacial score (nSPS) is 11.8. The number of imidazole rings is 1. The van der Waals surface area contributed by atoms with E-state index in [4.69, 9.17) is 4.74 Å². The number of nitrogens with zero attached hydrogens (tertiary/aromatic N) is 3. The highest BCUT2D eigenvalue weighted by Gasteiger charge is 2.19. The third-order valence-electron chi connectivity index (χ3n) is 4.22. The highest BCUT2D eigenvalue weighted by atomic mass is 16.5. The lowest BCUT2D eigenvalue weighted by Gasteiger charge is -2.15. The number of aromatic nitrogens is 2. The average molecular weight is 334 g/mol. The molecule has 0 aliphatic carbocycles. The van der Waals surface area contributed by atoms with Gasteiger partial charge in [0.2, 0.25) is 0 Å². The molecule has 0 aliphatic heterocycles. The zero-order valence-corrected chi connectivity index (χ0v) is 14.3. The summed E-state index contributed by atoms with van der Waals surface area (Å²) in [5.41, 5.74) is 2.78. The summed E-state index contributed by atoms with van der Waals surface area (Å²) < 4.78 is 7.24. The van der Waals surface area contributed by atoms with Gasteiger partial charge in [-0.25, -0.2) is 4.98 Å². The molecule has 6 heteroatoms. The summed E-state index contributed by atoms with van der Waals surface area (Å²) in [6.45, 7) is 1.91. The number of fused-ring (bicyclic) bond motifs is 1. The van der Waals surface area contributed by atoms with Gasteiger partial charge < -0.3 is 14.6 Å². The van der Waals surface area contributed by atoms with Gasteiger partial charge in [0.05, 0.1) is 24.2 Å². The number of nitrogens with one attached hydrogen (secondary N) is 1. The number of benzene rings is 2. The molecule has 3 aromatic rings. The van der Waals surface area contributed by atoms with Gasteiger partial charge in [-0.05, 0) is 31.2 Å². The van der Waals surface area contributed by atoms with Crippen LogP contribution in [0.25, 0.3) is 11.0 Å². The van der Waals surface area contributed by atoms with Gasteiger partial charge in [0.25, 0.3) is 5.91 Å². The summed E-state index contributed by atoms with van der Waals surface area (Å²) in [4.78, 5) is 17.0. The number of hydrogen-bond donors (Lipinski definition) is 1. The smallest absolute Gasteiger partial charge is 0.252 e. The average Bonchev–Trinajstić information content (AvgIpc) is 2.93. The highest BCUT2D eigenvalue weighted by molar-refractivity contribution is 5.97. The van der Waals surface area contributed by atoms with Crippen LogP contribution in [0.1, 0.15) is 27.8 Å². The van der Waals surface area contributed by atoms with E-state index in [0.29, 0.717) is 16.9 Å². The molecule has 126 valence electrons. The highest BCUT2D eigenvalue weighted by Crippen LogP contribution is 2.25. The van der Waals surface area contributed by atoms with E-state index in [1.165, 1.54) is 7.11 Å². The Morgan fingerprint density at radius 1 is 1.32 bits per heavy atom. The Morgan fingerprint density at radius 3 is 2.80 bits per heavy atom. The third kappa shape index (κ3) is 3.04. The molecular formula is C19H18N4O2. The summed E-state index contributed by atoms with van der Waals surface area (Å²) >= 11 is 0. The van der Waals surface area contributed by atoms with Gasteiger partial charge in [-0.1, -0.05) is 18.2 Å². The molecule has 2 aromatic carbocycles. The molecule has 1 unspecified atom stereocenters. The van der Waals surface area contributed by atoms with E-state index in [1.54, 1.807) is 30.3 Å². The van der Waals surface area contributed by atoms with Crippen molar-refractivity contribution in [3.05, 3.63) is 59.4 Å². The lowest BCUT2D eigenvalue weighted by molar-refractivity contribution is 0.0945. The molecule has 0 fully saturated rings. The summed E-state index contributed by atoms with van der Waals surface area (Å²) in [5.74, 6) is 1.10. The minimum Gasteiger partial charge on any atom is -0.496 e. The fourth-order valence-corrected chi connectivity index (χ4v) is 2.76. The predicted molar refractivity (Wildman–Crippen MR) is 94.3 cm³/mol. The Balaban J connectivity index is 1.89. The van der Waals surface area contributed by atoms with E-state index < -0.39 is 6.04 Å². The molecule has 0 aliphatic rings. The number of carbonyl (C=O) groups is 1.